The summed E-state index contributed by atoms with van der Waals surface area (Å²) in [7, 11) is 0. The second-order valence-corrected chi connectivity index (χ2v) is 7.37. The van der Waals surface area contributed by atoms with Crippen LogP contribution in [0, 0.1) is 6.92 Å². The molecule has 0 radical (unpaired) electrons. The minimum absolute atomic E-state index is 0.162. The normalized spacial score (nSPS) is 10.5. The van der Waals surface area contributed by atoms with Gasteiger partial charge in [0.2, 0.25) is 0 Å². The highest BCUT2D eigenvalue weighted by atomic mass is 16.5. The van der Waals surface area contributed by atoms with Crippen molar-refractivity contribution in [3.05, 3.63) is 114 Å². The standard InChI is InChI=1S/C27H23NO4/c1-19-7-5-10-22(26(19)27(29)30)17-31-24-11-6-12-25(15-24)32-18-23-14-13-21(16-28-23)20-8-3-2-4-9-20/h2-16H,17-18H2,1H3,(H,29,30). The van der Waals surface area contributed by atoms with Gasteiger partial charge in [-0.1, -0.05) is 60.7 Å². The molecule has 0 spiro atoms. The fourth-order valence-corrected chi connectivity index (χ4v) is 3.44. The number of pyridine rings is 1. The first kappa shape index (κ1) is 21.1. The van der Waals surface area contributed by atoms with E-state index in [1.165, 1.54) is 0 Å². The number of ether oxygens (including phenoxy) is 2. The number of carboxylic acid groups (broad SMARTS) is 1. The molecule has 0 amide bonds. The van der Waals surface area contributed by atoms with Gasteiger partial charge in [0.15, 0.2) is 0 Å². The summed E-state index contributed by atoms with van der Waals surface area (Å²) in [5.41, 5.74) is 4.62. The van der Waals surface area contributed by atoms with Crippen molar-refractivity contribution in [2.75, 3.05) is 0 Å². The molecule has 4 aromatic rings. The Labute approximate surface area is 186 Å². The molecule has 0 aliphatic carbocycles. The summed E-state index contributed by atoms with van der Waals surface area (Å²) >= 11 is 0. The minimum Gasteiger partial charge on any atom is -0.489 e. The lowest BCUT2D eigenvalue weighted by molar-refractivity contribution is 0.0693. The highest BCUT2D eigenvalue weighted by Gasteiger charge is 2.13. The molecular formula is C27H23NO4. The first-order valence-electron chi connectivity index (χ1n) is 10.3. The lowest BCUT2D eigenvalue weighted by Crippen LogP contribution is -2.08. The number of carbonyl (C=O) groups is 1. The molecule has 5 nitrogen and oxygen atoms in total. The summed E-state index contributed by atoms with van der Waals surface area (Å²) in [6.07, 6.45) is 1.84. The summed E-state index contributed by atoms with van der Waals surface area (Å²) in [5.74, 6) is 0.302. The second-order valence-electron chi connectivity index (χ2n) is 7.37. The van der Waals surface area contributed by atoms with Crippen molar-refractivity contribution >= 4 is 5.97 Å². The van der Waals surface area contributed by atoms with Gasteiger partial charge in [-0.3, -0.25) is 4.98 Å². The smallest absolute Gasteiger partial charge is 0.336 e. The summed E-state index contributed by atoms with van der Waals surface area (Å²) in [5, 5.41) is 9.47. The van der Waals surface area contributed by atoms with Crippen LogP contribution in [0.5, 0.6) is 11.5 Å². The van der Waals surface area contributed by atoms with Crippen molar-refractivity contribution in [3.63, 3.8) is 0 Å². The average Bonchev–Trinajstić information content (AvgIpc) is 2.82. The van der Waals surface area contributed by atoms with Gasteiger partial charge in [0.25, 0.3) is 0 Å². The van der Waals surface area contributed by atoms with Crippen LogP contribution in [-0.2, 0) is 13.2 Å². The van der Waals surface area contributed by atoms with Crippen LogP contribution in [-0.4, -0.2) is 16.1 Å². The molecular weight excluding hydrogens is 402 g/mol. The Balaban J connectivity index is 1.38. The number of benzene rings is 3. The van der Waals surface area contributed by atoms with E-state index < -0.39 is 5.97 Å². The molecule has 0 atom stereocenters. The molecule has 0 aliphatic heterocycles. The van der Waals surface area contributed by atoms with Crippen LogP contribution in [0.2, 0.25) is 0 Å². The summed E-state index contributed by atoms with van der Waals surface area (Å²) in [6.45, 7) is 2.27. The molecule has 0 saturated heterocycles. The van der Waals surface area contributed by atoms with Crippen molar-refractivity contribution < 1.29 is 19.4 Å². The molecule has 160 valence electrons. The third-order valence-corrected chi connectivity index (χ3v) is 5.09. The van der Waals surface area contributed by atoms with E-state index in [1.54, 1.807) is 25.1 Å². The molecule has 0 bridgehead atoms. The van der Waals surface area contributed by atoms with E-state index in [4.69, 9.17) is 9.47 Å². The third kappa shape index (κ3) is 5.13. The van der Waals surface area contributed by atoms with Gasteiger partial charge in [-0.2, -0.15) is 0 Å². The number of hydrogen-bond acceptors (Lipinski definition) is 4. The Morgan fingerprint density at radius 3 is 2.22 bits per heavy atom. The van der Waals surface area contributed by atoms with E-state index in [2.05, 4.69) is 17.1 Å². The highest BCUT2D eigenvalue weighted by molar-refractivity contribution is 5.91. The summed E-state index contributed by atoms with van der Waals surface area (Å²) < 4.78 is 11.7. The maximum atomic E-state index is 11.5. The van der Waals surface area contributed by atoms with E-state index in [0.717, 1.165) is 16.8 Å². The lowest BCUT2D eigenvalue weighted by atomic mass is 10.0. The molecule has 4 rings (SSSR count). The number of aromatic nitrogens is 1. The van der Waals surface area contributed by atoms with E-state index in [1.807, 2.05) is 60.8 Å². The Hall–Kier alpha value is -4.12. The van der Waals surface area contributed by atoms with Crippen molar-refractivity contribution in [1.82, 2.24) is 4.98 Å². The Morgan fingerprint density at radius 2 is 1.53 bits per heavy atom. The average molecular weight is 425 g/mol. The Kier molecular flexibility index (Phi) is 6.46. The Bertz CT molecular complexity index is 1200. The second kappa shape index (κ2) is 9.79. The van der Waals surface area contributed by atoms with Gasteiger partial charge in [0.05, 0.1) is 11.3 Å². The van der Waals surface area contributed by atoms with Crippen LogP contribution in [0.15, 0.2) is 91.1 Å². The molecule has 1 aromatic heterocycles. The first-order chi connectivity index (χ1) is 15.6. The van der Waals surface area contributed by atoms with Crippen LogP contribution >= 0.6 is 0 Å². The number of carboxylic acids is 1. The monoisotopic (exact) mass is 425 g/mol. The number of hydrogen-bond donors (Lipinski definition) is 1. The van der Waals surface area contributed by atoms with Crippen LogP contribution < -0.4 is 9.47 Å². The van der Waals surface area contributed by atoms with E-state index >= 15 is 0 Å². The third-order valence-electron chi connectivity index (χ3n) is 5.09. The fraction of sp³-hybridized carbons (Fsp3) is 0.111. The molecule has 5 heteroatoms. The molecule has 0 aliphatic rings. The first-order valence-corrected chi connectivity index (χ1v) is 10.3. The van der Waals surface area contributed by atoms with Crippen LogP contribution in [0.1, 0.15) is 27.2 Å². The lowest BCUT2D eigenvalue weighted by Gasteiger charge is -2.12. The number of aryl methyl sites for hydroxylation is 1. The van der Waals surface area contributed by atoms with Gasteiger partial charge in [0.1, 0.15) is 24.7 Å². The minimum atomic E-state index is -0.954. The molecule has 0 fully saturated rings. The van der Waals surface area contributed by atoms with E-state index in [-0.39, 0.29) is 12.2 Å². The predicted molar refractivity (Wildman–Crippen MR) is 123 cm³/mol. The maximum Gasteiger partial charge on any atom is 0.336 e. The van der Waals surface area contributed by atoms with E-state index in [9.17, 15) is 9.90 Å². The van der Waals surface area contributed by atoms with Crippen LogP contribution in [0.25, 0.3) is 11.1 Å². The van der Waals surface area contributed by atoms with Crippen molar-refractivity contribution in [1.29, 1.82) is 0 Å². The molecule has 1 N–H and O–H groups in total. The van der Waals surface area contributed by atoms with Gasteiger partial charge in [-0.25, -0.2) is 4.79 Å². The molecule has 0 unspecified atom stereocenters. The predicted octanol–water partition coefficient (Wildman–Crippen LogP) is 5.91. The molecule has 0 saturated carbocycles. The summed E-state index contributed by atoms with van der Waals surface area (Å²) in [6, 6.07) is 26.7. The van der Waals surface area contributed by atoms with Gasteiger partial charge < -0.3 is 14.6 Å². The topological polar surface area (TPSA) is 68.7 Å². The zero-order chi connectivity index (χ0) is 22.3. The largest absolute Gasteiger partial charge is 0.489 e. The number of aromatic carboxylic acids is 1. The number of rotatable bonds is 8. The summed E-state index contributed by atoms with van der Waals surface area (Å²) in [4.78, 5) is 16.0. The SMILES string of the molecule is Cc1cccc(COc2cccc(OCc3ccc(-c4ccccc4)cn3)c2)c1C(=O)O. The Morgan fingerprint density at radius 1 is 0.812 bits per heavy atom. The van der Waals surface area contributed by atoms with Crippen LogP contribution in [0.3, 0.4) is 0 Å². The quantitative estimate of drug-likeness (QED) is 0.380. The zero-order valence-electron chi connectivity index (χ0n) is 17.7. The zero-order valence-corrected chi connectivity index (χ0v) is 17.7. The molecule has 3 aromatic carbocycles. The molecule has 32 heavy (non-hydrogen) atoms. The fourth-order valence-electron chi connectivity index (χ4n) is 3.44. The van der Waals surface area contributed by atoms with E-state index in [0.29, 0.717) is 29.2 Å². The van der Waals surface area contributed by atoms with Crippen molar-refractivity contribution in [2.45, 2.75) is 20.1 Å². The molecule has 1 heterocycles. The van der Waals surface area contributed by atoms with Gasteiger partial charge in [0, 0.05) is 23.4 Å². The van der Waals surface area contributed by atoms with Crippen molar-refractivity contribution in [3.8, 4) is 22.6 Å². The maximum absolute atomic E-state index is 11.5. The van der Waals surface area contributed by atoms with Gasteiger partial charge in [-0.05, 0) is 36.2 Å². The van der Waals surface area contributed by atoms with Gasteiger partial charge in [-0.15, -0.1) is 0 Å². The van der Waals surface area contributed by atoms with Crippen molar-refractivity contribution in [2.24, 2.45) is 0 Å². The highest BCUT2D eigenvalue weighted by Crippen LogP contribution is 2.23. The van der Waals surface area contributed by atoms with Gasteiger partial charge >= 0.3 is 5.97 Å². The number of nitrogens with zero attached hydrogens (tertiary/aromatic N) is 1. The van der Waals surface area contributed by atoms with Crippen LogP contribution in [0.4, 0.5) is 0 Å².